The highest BCUT2D eigenvalue weighted by molar-refractivity contribution is 6.30. The van der Waals surface area contributed by atoms with Gasteiger partial charge in [-0.1, -0.05) is 11.6 Å². The van der Waals surface area contributed by atoms with Crippen LogP contribution in [0, 0.1) is 11.3 Å². The number of benzene rings is 1. The van der Waals surface area contributed by atoms with Crippen molar-refractivity contribution in [3.05, 3.63) is 33.8 Å². The maximum atomic E-state index is 11.8. The molecule has 0 bridgehead atoms. The van der Waals surface area contributed by atoms with Crippen molar-refractivity contribution in [2.24, 2.45) is 0 Å². The third-order valence-corrected chi connectivity index (χ3v) is 3.28. The molecule has 0 aliphatic heterocycles. The maximum Gasteiger partial charge on any atom is 0.407 e. The third kappa shape index (κ3) is 3.43. The van der Waals surface area contributed by atoms with Crippen LogP contribution in [0.25, 0.3) is 0 Å². The molecule has 0 radical (unpaired) electrons. The zero-order chi connectivity index (χ0) is 14.9. The number of nitrogens with one attached hydrogen (secondary N) is 1. The molecule has 0 unspecified atom stereocenters. The number of hydrogen-bond donors (Lipinski definition) is 1. The maximum absolute atomic E-state index is 11.8. The van der Waals surface area contributed by atoms with E-state index in [0.717, 1.165) is 11.1 Å². The molecule has 1 aromatic carbocycles. The predicted molar refractivity (Wildman–Crippen MR) is 76.7 cm³/mol. The summed E-state index contributed by atoms with van der Waals surface area (Å²) >= 11 is 5.98. The highest BCUT2D eigenvalue weighted by atomic mass is 35.5. The van der Waals surface area contributed by atoms with Crippen LogP contribution in [0.2, 0.25) is 5.02 Å². The molecule has 1 N–H and O–H groups in total. The molecule has 0 heterocycles. The Morgan fingerprint density at radius 1 is 1.45 bits per heavy atom. The second-order valence-corrected chi connectivity index (χ2v) is 6.39. The van der Waals surface area contributed by atoms with E-state index in [1.807, 2.05) is 26.8 Å². The van der Waals surface area contributed by atoms with Crippen LogP contribution >= 0.6 is 11.6 Å². The lowest BCUT2D eigenvalue weighted by molar-refractivity contribution is 0.0506. The molecule has 2 rings (SSSR count). The lowest BCUT2D eigenvalue weighted by atomic mass is 10.0. The lowest BCUT2D eigenvalue weighted by Gasteiger charge is -2.21. The third-order valence-electron chi connectivity index (χ3n) is 3.07. The van der Waals surface area contributed by atoms with Crippen LogP contribution in [-0.4, -0.2) is 17.7 Å². The number of nitrogens with zero attached hydrogens (tertiary/aromatic N) is 1. The number of carbonyl (C=O) groups is 1. The van der Waals surface area contributed by atoms with Gasteiger partial charge in [0.05, 0.1) is 11.6 Å². The van der Waals surface area contributed by atoms with Gasteiger partial charge in [-0.3, -0.25) is 0 Å². The number of alkyl carbamates (subject to hydrolysis) is 1. The van der Waals surface area contributed by atoms with E-state index in [1.54, 1.807) is 6.07 Å². The molecule has 0 saturated carbocycles. The topological polar surface area (TPSA) is 62.1 Å². The standard InChI is InChI=1S/C15H17ClN2O2/c1-15(2,3)20-14(19)18-12-6-9-4-11(16)5-10(8-17)13(9)7-12/h4-5,12H,6-7H2,1-3H3,(H,18,19)/t12-/m0/s1. The monoisotopic (exact) mass is 292 g/mol. The smallest absolute Gasteiger partial charge is 0.407 e. The fourth-order valence-corrected chi connectivity index (χ4v) is 2.62. The predicted octanol–water partition coefficient (Wildman–Crippen LogP) is 3.20. The van der Waals surface area contributed by atoms with Crippen molar-refractivity contribution in [1.29, 1.82) is 5.26 Å². The van der Waals surface area contributed by atoms with Gasteiger partial charge in [-0.2, -0.15) is 5.26 Å². The van der Waals surface area contributed by atoms with Crippen molar-refractivity contribution >= 4 is 17.7 Å². The average Bonchev–Trinajstić information content (AvgIpc) is 2.66. The molecule has 20 heavy (non-hydrogen) atoms. The number of carbonyl (C=O) groups excluding carboxylic acids is 1. The minimum atomic E-state index is -0.517. The molecule has 1 atom stereocenters. The zero-order valence-electron chi connectivity index (χ0n) is 11.8. The van der Waals surface area contributed by atoms with Crippen molar-refractivity contribution in [3.63, 3.8) is 0 Å². The second kappa shape index (κ2) is 5.34. The van der Waals surface area contributed by atoms with Crippen molar-refractivity contribution in [2.75, 3.05) is 0 Å². The minimum Gasteiger partial charge on any atom is -0.444 e. The van der Waals surface area contributed by atoms with Crippen LogP contribution in [0.5, 0.6) is 0 Å². The van der Waals surface area contributed by atoms with Gasteiger partial charge in [-0.25, -0.2) is 4.79 Å². The number of hydrogen-bond acceptors (Lipinski definition) is 3. The van der Waals surface area contributed by atoms with Gasteiger partial charge < -0.3 is 10.1 Å². The Labute approximate surface area is 123 Å². The number of fused-ring (bicyclic) bond motifs is 1. The van der Waals surface area contributed by atoms with E-state index in [1.165, 1.54) is 0 Å². The molecule has 1 aliphatic carbocycles. The van der Waals surface area contributed by atoms with Crippen LogP contribution in [0.4, 0.5) is 4.79 Å². The number of nitriles is 1. The quantitative estimate of drug-likeness (QED) is 0.864. The number of rotatable bonds is 1. The Hall–Kier alpha value is -1.73. The molecule has 0 aromatic heterocycles. The first-order valence-electron chi connectivity index (χ1n) is 6.49. The van der Waals surface area contributed by atoms with Gasteiger partial charge in [0.15, 0.2) is 0 Å². The van der Waals surface area contributed by atoms with E-state index in [9.17, 15) is 4.79 Å². The van der Waals surface area contributed by atoms with E-state index in [4.69, 9.17) is 21.6 Å². The second-order valence-electron chi connectivity index (χ2n) is 5.95. The van der Waals surface area contributed by atoms with Gasteiger partial charge in [-0.05, 0) is 56.9 Å². The molecule has 106 valence electrons. The number of halogens is 1. The van der Waals surface area contributed by atoms with Gasteiger partial charge >= 0.3 is 6.09 Å². The summed E-state index contributed by atoms with van der Waals surface area (Å²) in [4.78, 5) is 11.8. The molecule has 5 heteroatoms. The fourth-order valence-electron chi connectivity index (χ4n) is 2.38. The molecular weight excluding hydrogens is 276 g/mol. The summed E-state index contributed by atoms with van der Waals surface area (Å²) in [6.07, 6.45) is 0.873. The first-order chi connectivity index (χ1) is 9.28. The Morgan fingerprint density at radius 3 is 2.75 bits per heavy atom. The van der Waals surface area contributed by atoms with Crippen LogP contribution in [0.3, 0.4) is 0 Å². The summed E-state index contributed by atoms with van der Waals surface area (Å²) in [6.45, 7) is 5.47. The summed E-state index contributed by atoms with van der Waals surface area (Å²) in [5.74, 6) is 0. The van der Waals surface area contributed by atoms with Gasteiger partial charge in [-0.15, -0.1) is 0 Å². The molecule has 1 amide bonds. The molecule has 4 nitrogen and oxygen atoms in total. The van der Waals surface area contributed by atoms with E-state index in [-0.39, 0.29) is 6.04 Å². The van der Waals surface area contributed by atoms with Crippen molar-refractivity contribution < 1.29 is 9.53 Å². The summed E-state index contributed by atoms with van der Waals surface area (Å²) < 4.78 is 5.24. The van der Waals surface area contributed by atoms with Crippen LogP contribution in [0.15, 0.2) is 12.1 Å². The van der Waals surface area contributed by atoms with Crippen molar-refractivity contribution in [2.45, 2.75) is 45.3 Å². The van der Waals surface area contributed by atoms with Crippen molar-refractivity contribution in [1.82, 2.24) is 5.32 Å². The van der Waals surface area contributed by atoms with Gasteiger partial charge in [0.25, 0.3) is 0 Å². The SMILES string of the molecule is CC(C)(C)OC(=O)N[C@H]1Cc2cc(Cl)cc(C#N)c2C1. The first-order valence-corrected chi connectivity index (χ1v) is 6.87. The lowest BCUT2D eigenvalue weighted by Crippen LogP contribution is -2.39. The Morgan fingerprint density at radius 2 is 2.15 bits per heavy atom. The van der Waals surface area contributed by atoms with Gasteiger partial charge in [0.2, 0.25) is 0 Å². The van der Waals surface area contributed by atoms with Crippen LogP contribution < -0.4 is 5.32 Å². The van der Waals surface area contributed by atoms with E-state index < -0.39 is 11.7 Å². The number of amides is 1. The summed E-state index contributed by atoms with van der Waals surface area (Å²) in [5, 5.41) is 12.5. The largest absolute Gasteiger partial charge is 0.444 e. The summed E-state index contributed by atoms with van der Waals surface area (Å²) in [6, 6.07) is 5.62. The van der Waals surface area contributed by atoms with Crippen LogP contribution in [-0.2, 0) is 17.6 Å². The molecule has 0 spiro atoms. The van der Waals surface area contributed by atoms with E-state index in [0.29, 0.717) is 23.4 Å². The highest BCUT2D eigenvalue weighted by Crippen LogP contribution is 2.29. The van der Waals surface area contributed by atoms with Gasteiger partial charge in [0.1, 0.15) is 5.60 Å². The van der Waals surface area contributed by atoms with Crippen molar-refractivity contribution in [3.8, 4) is 6.07 Å². The molecule has 1 aliphatic rings. The average molecular weight is 293 g/mol. The molecule has 0 saturated heterocycles. The van der Waals surface area contributed by atoms with E-state index >= 15 is 0 Å². The Kier molecular flexibility index (Phi) is 3.92. The Bertz CT molecular complexity index is 585. The molecule has 0 fully saturated rings. The van der Waals surface area contributed by atoms with E-state index in [2.05, 4.69) is 11.4 Å². The van der Waals surface area contributed by atoms with Gasteiger partial charge in [0, 0.05) is 11.1 Å². The molecular formula is C15H17ClN2O2. The van der Waals surface area contributed by atoms with Crippen LogP contribution in [0.1, 0.15) is 37.5 Å². The number of ether oxygens (including phenoxy) is 1. The highest BCUT2D eigenvalue weighted by Gasteiger charge is 2.27. The zero-order valence-corrected chi connectivity index (χ0v) is 12.5. The molecule has 1 aromatic rings. The minimum absolute atomic E-state index is 0.0505. The first kappa shape index (κ1) is 14.7. The Balaban J connectivity index is 2.07. The normalized spacial score (nSPS) is 17.2. The fraction of sp³-hybridized carbons (Fsp3) is 0.467. The summed E-state index contributed by atoms with van der Waals surface area (Å²) in [5.41, 5.74) is 2.06. The summed E-state index contributed by atoms with van der Waals surface area (Å²) in [7, 11) is 0.